The van der Waals surface area contributed by atoms with Gasteiger partial charge in [-0.25, -0.2) is 8.42 Å². The third-order valence-corrected chi connectivity index (χ3v) is 8.69. The van der Waals surface area contributed by atoms with Gasteiger partial charge in [-0.2, -0.15) is 13.2 Å². The number of carbonyl (C=O) groups excluding carboxylic acids is 1. The van der Waals surface area contributed by atoms with Gasteiger partial charge in [0, 0.05) is 31.9 Å². The van der Waals surface area contributed by atoms with Crippen molar-refractivity contribution in [2.24, 2.45) is 0 Å². The van der Waals surface area contributed by atoms with Crippen LogP contribution in [0.25, 0.3) is 0 Å². The van der Waals surface area contributed by atoms with Crippen LogP contribution in [-0.4, -0.2) is 51.9 Å². The molecule has 208 valence electrons. The number of halogens is 3. The minimum atomic E-state index is -4.44. The number of rotatable bonds is 7. The molecule has 6 nitrogen and oxygen atoms in total. The molecule has 0 N–H and O–H groups in total. The van der Waals surface area contributed by atoms with Crippen molar-refractivity contribution in [1.29, 1.82) is 0 Å². The van der Waals surface area contributed by atoms with Crippen LogP contribution in [-0.2, 0) is 21.0 Å². The smallest absolute Gasteiger partial charge is 0.368 e. The van der Waals surface area contributed by atoms with Crippen molar-refractivity contribution in [1.82, 2.24) is 4.90 Å². The Hall–Kier alpha value is -3.53. The van der Waals surface area contributed by atoms with Crippen molar-refractivity contribution < 1.29 is 26.4 Å². The van der Waals surface area contributed by atoms with Crippen LogP contribution in [0.5, 0.6) is 0 Å². The van der Waals surface area contributed by atoms with Gasteiger partial charge in [-0.3, -0.25) is 9.10 Å². The van der Waals surface area contributed by atoms with Crippen LogP contribution in [0, 0.1) is 6.92 Å². The lowest BCUT2D eigenvalue weighted by molar-refractivity contribution is -0.137. The molecule has 1 heterocycles. The van der Waals surface area contributed by atoms with E-state index in [0.717, 1.165) is 27.6 Å². The summed E-state index contributed by atoms with van der Waals surface area (Å²) in [5.74, 6) is -0.113. The Bertz CT molecular complexity index is 1400. The summed E-state index contributed by atoms with van der Waals surface area (Å²) in [7, 11) is -4.04. The van der Waals surface area contributed by atoms with Crippen LogP contribution >= 0.6 is 0 Å². The number of amides is 1. The SMILES string of the molecule is Cc1ccc(S(=O)(=O)N(CC(=O)N2CCN(c3cccc(C(F)(F)F)c3)CC2)c2ccc(C(C)C)cc2)cc1. The zero-order valence-electron chi connectivity index (χ0n) is 22.1. The van der Waals surface area contributed by atoms with Crippen molar-refractivity contribution >= 4 is 27.3 Å². The summed E-state index contributed by atoms with van der Waals surface area (Å²) in [6.07, 6.45) is -4.44. The van der Waals surface area contributed by atoms with E-state index in [1.165, 1.54) is 18.2 Å². The molecular weight excluding hydrogens is 527 g/mol. The van der Waals surface area contributed by atoms with E-state index in [0.29, 0.717) is 24.5 Å². The van der Waals surface area contributed by atoms with Gasteiger partial charge in [-0.1, -0.05) is 49.7 Å². The number of sulfonamides is 1. The topological polar surface area (TPSA) is 60.9 Å². The lowest BCUT2D eigenvalue weighted by Gasteiger charge is -2.37. The summed E-state index contributed by atoms with van der Waals surface area (Å²) in [6.45, 7) is 6.75. The number of benzene rings is 3. The van der Waals surface area contributed by atoms with Gasteiger partial charge in [-0.15, -0.1) is 0 Å². The van der Waals surface area contributed by atoms with E-state index in [9.17, 15) is 26.4 Å². The number of hydrogen-bond donors (Lipinski definition) is 0. The van der Waals surface area contributed by atoms with E-state index in [2.05, 4.69) is 0 Å². The molecule has 3 aromatic carbocycles. The zero-order chi connectivity index (χ0) is 28.4. The number of anilines is 2. The fraction of sp³-hybridized carbons (Fsp3) is 0.345. The van der Waals surface area contributed by atoms with Gasteiger partial charge in [-0.05, 0) is 60.9 Å². The molecule has 39 heavy (non-hydrogen) atoms. The van der Waals surface area contributed by atoms with Crippen LogP contribution in [0.15, 0.2) is 77.7 Å². The Morgan fingerprint density at radius 1 is 0.923 bits per heavy atom. The average molecular weight is 560 g/mol. The highest BCUT2D eigenvalue weighted by molar-refractivity contribution is 7.92. The van der Waals surface area contributed by atoms with Crippen molar-refractivity contribution in [3.63, 3.8) is 0 Å². The van der Waals surface area contributed by atoms with Gasteiger partial charge in [0.2, 0.25) is 5.91 Å². The minimum Gasteiger partial charge on any atom is -0.368 e. The molecule has 3 aromatic rings. The molecule has 0 atom stereocenters. The van der Waals surface area contributed by atoms with E-state index >= 15 is 0 Å². The zero-order valence-corrected chi connectivity index (χ0v) is 23.0. The van der Waals surface area contributed by atoms with Crippen molar-refractivity contribution in [3.8, 4) is 0 Å². The quantitative estimate of drug-likeness (QED) is 0.374. The maximum absolute atomic E-state index is 13.7. The molecule has 0 aromatic heterocycles. The molecule has 0 aliphatic carbocycles. The summed E-state index contributed by atoms with van der Waals surface area (Å²) in [5, 5.41) is 0. The Morgan fingerprint density at radius 2 is 1.54 bits per heavy atom. The third kappa shape index (κ3) is 6.55. The van der Waals surface area contributed by atoms with Crippen LogP contribution in [0.1, 0.15) is 36.5 Å². The first-order valence-corrected chi connectivity index (χ1v) is 14.2. The molecule has 0 spiro atoms. The van der Waals surface area contributed by atoms with Gasteiger partial charge in [0.15, 0.2) is 0 Å². The minimum absolute atomic E-state index is 0.0863. The molecule has 1 aliphatic heterocycles. The fourth-order valence-electron chi connectivity index (χ4n) is 4.49. The van der Waals surface area contributed by atoms with Gasteiger partial charge < -0.3 is 9.80 Å². The van der Waals surface area contributed by atoms with Crippen LogP contribution < -0.4 is 9.21 Å². The Balaban J connectivity index is 1.53. The highest BCUT2D eigenvalue weighted by Gasteiger charge is 2.32. The molecule has 10 heteroatoms. The van der Waals surface area contributed by atoms with E-state index < -0.39 is 21.8 Å². The second kappa shape index (κ2) is 11.3. The summed E-state index contributed by atoms with van der Waals surface area (Å²) in [6, 6.07) is 18.7. The molecule has 0 bridgehead atoms. The number of hydrogen-bond acceptors (Lipinski definition) is 4. The van der Waals surface area contributed by atoms with Crippen molar-refractivity contribution in [2.45, 2.75) is 37.8 Å². The number of carbonyl (C=O) groups is 1. The normalized spacial score (nSPS) is 14.5. The second-order valence-corrected chi connectivity index (χ2v) is 11.8. The summed E-state index contributed by atoms with van der Waals surface area (Å²) in [4.78, 5) is 16.8. The van der Waals surface area contributed by atoms with E-state index in [1.807, 2.05) is 32.9 Å². The van der Waals surface area contributed by atoms with Crippen molar-refractivity contribution in [2.75, 3.05) is 41.9 Å². The fourth-order valence-corrected chi connectivity index (χ4v) is 5.91. The molecule has 1 saturated heterocycles. The number of alkyl halides is 3. The summed E-state index contributed by atoms with van der Waals surface area (Å²) < 4.78 is 67.9. The molecule has 0 radical (unpaired) electrons. The van der Waals surface area contributed by atoms with E-state index in [-0.39, 0.29) is 36.4 Å². The summed E-state index contributed by atoms with van der Waals surface area (Å²) in [5.41, 5.74) is 2.06. The van der Waals surface area contributed by atoms with E-state index in [1.54, 1.807) is 40.1 Å². The first kappa shape index (κ1) is 28.5. The molecule has 1 amide bonds. The summed E-state index contributed by atoms with van der Waals surface area (Å²) >= 11 is 0. The maximum Gasteiger partial charge on any atom is 0.416 e. The lowest BCUT2D eigenvalue weighted by atomic mass is 10.0. The third-order valence-electron chi connectivity index (χ3n) is 6.91. The van der Waals surface area contributed by atoms with Gasteiger partial charge >= 0.3 is 6.18 Å². The maximum atomic E-state index is 13.7. The predicted molar refractivity (Wildman–Crippen MR) is 146 cm³/mol. The monoisotopic (exact) mass is 559 g/mol. The first-order chi connectivity index (χ1) is 18.4. The van der Waals surface area contributed by atoms with Crippen LogP contribution in [0.4, 0.5) is 24.5 Å². The van der Waals surface area contributed by atoms with E-state index in [4.69, 9.17) is 0 Å². The largest absolute Gasteiger partial charge is 0.416 e. The Labute approximate surface area is 227 Å². The average Bonchev–Trinajstić information content (AvgIpc) is 2.91. The van der Waals surface area contributed by atoms with Gasteiger partial charge in [0.05, 0.1) is 16.1 Å². The van der Waals surface area contributed by atoms with Crippen LogP contribution in [0.3, 0.4) is 0 Å². The van der Waals surface area contributed by atoms with Crippen LogP contribution in [0.2, 0.25) is 0 Å². The highest BCUT2D eigenvalue weighted by Crippen LogP contribution is 2.32. The Kier molecular flexibility index (Phi) is 8.25. The lowest BCUT2D eigenvalue weighted by Crippen LogP contribution is -2.52. The van der Waals surface area contributed by atoms with Gasteiger partial charge in [0.25, 0.3) is 10.0 Å². The molecular formula is C29H32F3N3O3S. The highest BCUT2D eigenvalue weighted by atomic mass is 32.2. The predicted octanol–water partition coefficient (Wildman–Crippen LogP) is 5.68. The number of piperazine rings is 1. The number of aryl methyl sites for hydroxylation is 1. The second-order valence-electron chi connectivity index (χ2n) is 9.99. The first-order valence-electron chi connectivity index (χ1n) is 12.8. The van der Waals surface area contributed by atoms with Crippen molar-refractivity contribution in [3.05, 3.63) is 89.5 Å². The molecule has 4 rings (SSSR count). The Morgan fingerprint density at radius 3 is 2.10 bits per heavy atom. The molecule has 0 unspecified atom stereocenters. The molecule has 1 fully saturated rings. The standard InChI is InChI=1S/C29H32F3N3O3S/c1-21(2)23-9-11-25(12-10-23)35(39(37,38)27-13-7-22(3)8-14-27)20-28(36)34-17-15-33(16-18-34)26-6-4-5-24(19-26)29(30,31)32/h4-14,19,21H,15-18,20H2,1-3H3. The molecule has 0 saturated carbocycles. The number of nitrogens with zero attached hydrogens (tertiary/aromatic N) is 3. The van der Waals surface area contributed by atoms with Gasteiger partial charge in [0.1, 0.15) is 6.54 Å². The molecule has 1 aliphatic rings.